The second-order valence-corrected chi connectivity index (χ2v) is 9.74. The molecule has 0 aliphatic carbocycles. The summed E-state index contributed by atoms with van der Waals surface area (Å²) < 4.78 is 29.0. The third kappa shape index (κ3) is 5.35. The summed E-state index contributed by atoms with van der Waals surface area (Å²) in [6.07, 6.45) is 3.55. The molecule has 3 aromatic heterocycles. The van der Waals surface area contributed by atoms with Gasteiger partial charge in [0.2, 0.25) is 11.8 Å². The maximum Gasteiger partial charge on any atom is 0.335 e. The molecule has 0 bridgehead atoms. The van der Waals surface area contributed by atoms with Crippen molar-refractivity contribution in [1.29, 1.82) is 5.26 Å². The van der Waals surface area contributed by atoms with Crippen LogP contribution < -0.4 is 9.64 Å². The number of nitrogens with zero attached hydrogens (tertiary/aromatic N) is 8. The third-order valence-corrected chi connectivity index (χ3v) is 6.98. The number of aromatic carboxylic acids is 1. The van der Waals surface area contributed by atoms with Gasteiger partial charge in [0.15, 0.2) is 0 Å². The number of carboxylic acid groups (broad SMARTS) is 1. The molecule has 0 amide bonds. The Bertz CT molecular complexity index is 1820. The molecule has 0 radical (unpaired) electrons. The van der Waals surface area contributed by atoms with Crippen molar-refractivity contribution < 1.29 is 23.8 Å². The molecule has 0 fully saturated rings. The van der Waals surface area contributed by atoms with Crippen molar-refractivity contribution in [1.82, 2.24) is 29.3 Å². The van der Waals surface area contributed by atoms with Gasteiger partial charge in [0.1, 0.15) is 18.2 Å². The number of anilines is 1. The lowest BCUT2D eigenvalue weighted by Crippen LogP contribution is -2.19. The highest BCUT2D eigenvalue weighted by molar-refractivity contribution is 5.92. The van der Waals surface area contributed by atoms with Gasteiger partial charge in [-0.2, -0.15) is 15.3 Å². The van der Waals surface area contributed by atoms with Crippen LogP contribution in [-0.4, -0.2) is 54.1 Å². The van der Waals surface area contributed by atoms with E-state index in [0.717, 1.165) is 22.6 Å². The molecule has 212 valence electrons. The van der Waals surface area contributed by atoms with E-state index in [4.69, 9.17) is 24.8 Å². The van der Waals surface area contributed by atoms with Gasteiger partial charge in [-0.15, -0.1) is 0 Å². The number of hydrogen-bond acceptors (Lipinski definition) is 9. The molecule has 0 spiro atoms. The molecule has 2 aromatic carbocycles. The number of halogens is 1. The van der Waals surface area contributed by atoms with Crippen LogP contribution in [0.2, 0.25) is 0 Å². The van der Waals surface area contributed by atoms with E-state index in [1.54, 1.807) is 43.6 Å². The number of rotatable bonds is 10. The number of hydrogen-bond donors (Lipinski definition) is 1. The Labute approximate surface area is 239 Å². The molecule has 1 aliphatic heterocycles. The Morgan fingerprint density at radius 3 is 2.81 bits per heavy atom. The Hall–Kier alpha value is -5.35. The van der Waals surface area contributed by atoms with E-state index in [1.165, 1.54) is 12.1 Å². The van der Waals surface area contributed by atoms with Gasteiger partial charge < -0.3 is 24.0 Å². The maximum absolute atomic E-state index is 14.2. The van der Waals surface area contributed by atoms with Crippen LogP contribution in [0.4, 0.5) is 10.3 Å². The molecule has 0 saturated carbocycles. The van der Waals surface area contributed by atoms with Crippen molar-refractivity contribution >= 4 is 23.0 Å². The van der Waals surface area contributed by atoms with Crippen molar-refractivity contribution in [3.05, 3.63) is 94.4 Å². The molecule has 0 unspecified atom stereocenters. The summed E-state index contributed by atoms with van der Waals surface area (Å²) >= 11 is 0. The second kappa shape index (κ2) is 11.3. The fraction of sp³-hybridized carbons (Fsp3) is 0.241. The lowest BCUT2D eigenvalue weighted by molar-refractivity contribution is 0.0697. The zero-order valence-corrected chi connectivity index (χ0v) is 22.6. The van der Waals surface area contributed by atoms with Crippen LogP contribution in [-0.2, 0) is 37.5 Å². The number of carbonyl (C=O) groups is 1. The number of imidazole rings is 1. The van der Waals surface area contributed by atoms with Crippen molar-refractivity contribution in [2.45, 2.75) is 32.8 Å². The average Bonchev–Trinajstić information content (AvgIpc) is 3.66. The summed E-state index contributed by atoms with van der Waals surface area (Å²) in [5.41, 5.74) is 4.11. The predicted molar refractivity (Wildman–Crippen MR) is 147 cm³/mol. The van der Waals surface area contributed by atoms with Gasteiger partial charge in [-0.25, -0.2) is 19.2 Å². The van der Waals surface area contributed by atoms with Gasteiger partial charge in [-0.05, 0) is 30.3 Å². The molecule has 6 rings (SSSR count). The number of nitriles is 1. The van der Waals surface area contributed by atoms with E-state index in [-0.39, 0.29) is 17.7 Å². The molecular weight excluding hydrogens is 543 g/mol. The Kier molecular flexibility index (Phi) is 7.20. The normalized spacial score (nSPS) is 12.5. The smallest absolute Gasteiger partial charge is 0.335 e. The van der Waals surface area contributed by atoms with Gasteiger partial charge in [0, 0.05) is 49.8 Å². The maximum atomic E-state index is 14.2. The number of benzene rings is 2. The topological polar surface area (TPSA) is 144 Å². The summed E-state index contributed by atoms with van der Waals surface area (Å²) in [4.78, 5) is 27.1. The van der Waals surface area contributed by atoms with E-state index in [1.807, 2.05) is 26.4 Å². The van der Waals surface area contributed by atoms with E-state index in [9.17, 15) is 14.3 Å². The minimum atomic E-state index is -0.993. The van der Waals surface area contributed by atoms with Gasteiger partial charge in [0.25, 0.3) is 0 Å². The SMILES string of the molecule is COCCn1c(Cn2cc3c(n2)CN(c2nccc(OCc4ccc(C#N)cc4F)n2)C3)nc2ccc(C(=O)O)cc21. The zero-order valence-electron chi connectivity index (χ0n) is 22.6. The summed E-state index contributed by atoms with van der Waals surface area (Å²) in [5, 5.41) is 23.1. The highest BCUT2D eigenvalue weighted by atomic mass is 19.1. The summed E-state index contributed by atoms with van der Waals surface area (Å²) in [6, 6.07) is 12.6. The molecule has 42 heavy (non-hydrogen) atoms. The molecule has 5 aromatic rings. The largest absolute Gasteiger partial charge is 0.478 e. The lowest BCUT2D eigenvalue weighted by atomic mass is 10.1. The Morgan fingerprint density at radius 2 is 2.05 bits per heavy atom. The van der Waals surface area contributed by atoms with Gasteiger partial charge >= 0.3 is 5.97 Å². The highest BCUT2D eigenvalue weighted by Crippen LogP contribution is 2.27. The van der Waals surface area contributed by atoms with Gasteiger partial charge in [-0.3, -0.25) is 4.68 Å². The Balaban J connectivity index is 1.15. The van der Waals surface area contributed by atoms with Crippen LogP contribution in [0.25, 0.3) is 11.0 Å². The molecule has 13 heteroatoms. The lowest BCUT2D eigenvalue weighted by Gasteiger charge is -2.16. The quantitative estimate of drug-likeness (QED) is 0.266. The van der Waals surface area contributed by atoms with Gasteiger partial charge in [-0.1, -0.05) is 6.07 Å². The molecule has 12 nitrogen and oxygen atoms in total. The minimum Gasteiger partial charge on any atom is -0.478 e. The molecule has 1 aliphatic rings. The number of ether oxygens (including phenoxy) is 2. The van der Waals surface area contributed by atoms with E-state index < -0.39 is 11.8 Å². The van der Waals surface area contributed by atoms with Crippen LogP contribution in [0.15, 0.2) is 54.9 Å². The summed E-state index contributed by atoms with van der Waals surface area (Å²) in [7, 11) is 1.62. The van der Waals surface area contributed by atoms with Crippen LogP contribution in [0, 0.1) is 17.1 Å². The first-order valence-electron chi connectivity index (χ1n) is 13.1. The summed E-state index contributed by atoms with van der Waals surface area (Å²) in [6.45, 7) is 2.38. The summed E-state index contributed by atoms with van der Waals surface area (Å²) in [5.74, 6) is 0.0126. The van der Waals surface area contributed by atoms with Crippen molar-refractivity contribution in [2.24, 2.45) is 0 Å². The minimum absolute atomic E-state index is 0.0341. The third-order valence-electron chi connectivity index (χ3n) is 6.98. The van der Waals surface area contributed by atoms with Crippen LogP contribution >= 0.6 is 0 Å². The highest BCUT2D eigenvalue weighted by Gasteiger charge is 2.25. The van der Waals surface area contributed by atoms with E-state index in [0.29, 0.717) is 55.7 Å². The number of carboxylic acids is 1. The fourth-order valence-electron chi connectivity index (χ4n) is 4.89. The van der Waals surface area contributed by atoms with E-state index >= 15 is 0 Å². The van der Waals surface area contributed by atoms with Crippen LogP contribution in [0.1, 0.15) is 38.6 Å². The zero-order chi connectivity index (χ0) is 29.2. The van der Waals surface area contributed by atoms with E-state index in [2.05, 4.69) is 9.97 Å². The van der Waals surface area contributed by atoms with Crippen molar-refractivity contribution in [2.75, 3.05) is 18.6 Å². The molecule has 4 heterocycles. The number of fused-ring (bicyclic) bond motifs is 2. The molecule has 1 N–H and O–H groups in total. The Morgan fingerprint density at radius 1 is 1.17 bits per heavy atom. The first kappa shape index (κ1) is 26.9. The number of methoxy groups -OCH3 is 1. The first-order valence-corrected chi connectivity index (χ1v) is 13.1. The average molecular weight is 569 g/mol. The fourth-order valence-corrected chi connectivity index (χ4v) is 4.89. The standard InChI is InChI=1S/C29H25FN8O4/c1-41-9-8-38-25-11-19(28(39)40)4-5-23(25)33-26(38)16-37-14-21-13-36(15-24(21)35-37)29-32-7-6-27(34-29)42-17-20-3-2-18(12-31)10-22(20)30/h2-7,10-11,14H,8-9,13,15-17H2,1H3,(H,39,40). The monoisotopic (exact) mass is 568 g/mol. The van der Waals surface area contributed by atoms with Crippen LogP contribution in [0.3, 0.4) is 0 Å². The molecule has 0 atom stereocenters. The van der Waals surface area contributed by atoms with Crippen LogP contribution in [0.5, 0.6) is 5.88 Å². The number of aromatic nitrogens is 6. The first-order chi connectivity index (χ1) is 20.4. The van der Waals surface area contributed by atoms with Gasteiger partial charge in [0.05, 0.1) is 53.6 Å². The molecule has 0 saturated heterocycles. The van der Waals surface area contributed by atoms with Crippen molar-refractivity contribution in [3.8, 4) is 11.9 Å². The predicted octanol–water partition coefficient (Wildman–Crippen LogP) is 3.53. The molecular formula is C29H25FN8O4. The van der Waals surface area contributed by atoms with Crippen molar-refractivity contribution in [3.63, 3.8) is 0 Å². The second-order valence-electron chi connectivity index (χ2n) is 9.74.